The van der Waals surface area contributed by atoms with Gasteiger partial charge < -0.3 is 4.74 Å². The molecule has 3 heteroatoms. The Bertz CT molecular complexity index is 900. The van der Waals surface area contributed by atoms with Crippen molar-refractivity contribution in [2.24, 2.45) is 10.9 Å². The third-order valence-electron chi connectivity index (χ3n) is 5.38. The number of rotatable bonds is 6. The molecule has 0 saturated carbocycles. The van der Waals surface area contributed by atoms with Crippen molar-refractivity contribution in [3.05, 3.63) is 90.5 Å². The first-order valence-corrected chi connectivity index (χ1v) is 11.3. The van der Waals surface area contributed by atoms with Gasteiger partial charge in [0.1, 0.15) is 6.61 Å². The lowest BCUT2D eigenvalue weighted by molar-refractivity contribution is 0.282. The molecule has 2 atom stereocenters. The molecule has 0 fully saturated rings. The van der Waals surface area contributed by atoms with E-state index in [1.54, 1.807) is 0 Å². The lowest BCUT2D eigenvalue weighted by Gasteiger charge is -2.22. The first-order chi connectivity index (χ1) is 13.8. The van der Waals surface area contributed by atoms with Gasteiger partial charge in [0.05, 0.1) is 6.04 Å². The highest BCUT2D eigenvalue weighted by Gasteiger charge is 2.28. The van der Waals surface area contributed by atoms with Crippen LogP contribution in [-0.4, -0.2) is 18.5 Å². The predicted molar refractivity (Wildman–Crippen MR) is 121 cm³/mol. The van der Waals surface area contributed by atoms with Crippen LogP contribution in [0.2, 0.25) is 0 Å². The van der Waals surface area contributed by atoms with E-state index in [4.69, 9.17) is 9.73 Å². The molecule has 0 N–H and O–H groups in total. The third kappa shape index (κ3) is 3.88. The molecule has 3 aromatic rings. The van der Waals surface area contributed by atoms with Crippen LogP contribution in [0.4, 0.5) is 0 Å². The van der Waals surface area contributed by atoms with Crippen LogP contribution in [0.3, 0.4) is 0 Å². The van der Waals surface area contributed by atoms with E-state index in [0.29, 0.717) is 12.5 Å². The van der Waals surface area contributed by atoms with Crippen LogP contribution in [0.1, 0.15) is 25.8 Å². The summed E-state index contributed by atoms with van der Waals surface area (Å²) in [5.74, 6) is 1.34. The second kappa shape index (κ2) is 8.71. The van der Waals surface area contributed by atoms with Crippen molar-refractivity contribution in [2.75, 3.05) is 6.61 Å². The monoisotopic (exact) mass is 387 g/mol. The Morgan fingerprint density at radius 3 is 2.07 bits per heavy atom. The summed E-state index contributed by atoms with van der Waals surface area (Å²) >= 11 is 0. The first kappa shape index (κ1) is 18.9. The van der Waals surface area contributed by atoms with Crippen molar-refractivity contribution < 1.29 is 4.74 Å². The van der Waals surface area contributed by atoms with Gasteiger partial charge in [-0.25, -0.2) is 4.99 Å². The molecule has 0 spiro atoms. The summed E-state index contributed by atoms with van der Waals surface area (Å²) < 4.78 is 6.10. The fraction of sp³-hybridized carbons (Fsp3) is 0.240. The van der Waals surface area contributed by atoms with Crippen molar-refractivity contribution in [1.29, 1.82) is 0 Å². The minimum Gasteiger partial charge on any atom is -0.475 e. The van der Waals surface area contributed by atoms with Gasteiger partial charge in [-0.2, -0.15) is 0 Å². The van der Waals surface area contributed by atoms with Crippen molar-refractivity contribution in [1.82, 2.24) is 0 Å². The minimum absolute atomic E-state index is 0.257. The van der Waals surface area contributed by atoms with Gasteiger partial charge in [0.15, 0.2) is 0 Å². The molecule has 0 radical (unpaired) electrons. The van der Waals surface area contributed by atoms with Gasteiger partial charge in [-0.3, -0.25) is 0 Å². The quantitative estimate of drug-likeness (QED) is 0.565. The molecule has 1 aliphatic heterocycles. The third-order valence-corrected chi connectivity index (χ3v) is 7.88. The molecule has 28 heavy (non-hydrogen) atoms. The van der Waals surface area contributed by atoms with Gasteiger partial charge in [0.2, 0.25) is 5.90 Å². The van der Waals surface area contributed by atoms with E-state index < -0.39 is 7.92 Å². The van der Waals surface area contributed by atoms with Crippen molar-refractivity contribution in [2.45, 2.75) is 26.3 Å². The summed E-state index contributed by atoms with van der Waals surface area (Å²) in [6.07, 6.45) is 1.12. The number of benzene rings is 3. The van der Waals surface area contributed by atoms with E-state index in [0.717, 1.165) is 17.9 Å². The Kier molecular flexibility index (Phi) is 5.88. The summed E-state index contributed by atoms with van der Waals surface area (Å²) in [6, 6.07) is 30.4. The highest BCUT2D eigenvalue weighted by molar-refractivity contribution is 7.80. The fourth-order valence-corrected chi connectivity index (χ4v) is 5.97. The second-order valence-corrected chi connectivity index (χ2v) is 9.41. The molecule has 0 saturated heterocycles. The maximum atomic E-state index is 6.10. The van der Waals surface area contributed by atoms with Gasteiger partial charge in [-0.05, 0) is 35.8 Å². The van der Waals surface area contributed by atoms with Crippen LogP contribution >= 0.6 is 7.92 Å². The molecular weight excluding hydrogens is 361 g/mol. The summed E-state index contributed by atoms with van der Waals surface area (Å²) in [5, 5.41) is 3.99. The SMILES string of the molecule is CC[C@H](C)[C@@H]1COC(c2ccccc2P(c2ccccc2)c2ccccc2)=N1. The van der Waals surface area contributed by atoms with Gasteiger partial charge in [-0.1, -0.05) is 99.1 Å². The molecule has 0 bridgehead atoms. The normalized spacial score (nSPS) is 17.2. The zero-order valence-corrected chi connectivity index (χ0v) is 17.3. The lowest BCUT2D eigenvalue weighted by Crippen LogP contribution is -2.25. The Labute approximate surface area is 169 Å². The van der Waals surface area contributed by atoms with Crippen LogP contribution in [-0.2, 0) is 4.74 Å². The second-order valence-electron chi connectivity index (χ2n) is 7.22. The molecule has 3 aromatic carbocycles. The van der Waals surface area contributed by atoms with E-state index in [-0.39, 0.29) is 6.04 Å². The highest BCUT2D eigenvalue weighted by atomic mass is 31.1. The van der Waals surface area contributed by atoms with Crippen LogP contribution in [0.15, 0.2) is 89.9 Å². The predicted octanol–water partition coefficient (Wildman–Crippen LogP) is 4.64. The molecule has 4 rings (SSSR count). The minimum atomic E-state index is -0.677. The summed E-state index contributed by atoms with van der Waals surface area (Å²) in [6.45, 7) is 5.16. The van der Waals surface area contributed by atoms with Crippen molar-refractivity contribution in [3.63, 3.8) is 0 Å². The molecular formula is C25H26NOP. The largest absolute Gasteiger partial charge is 0.475 e. The number of hydrogen-bond donors (Lipinski definition) is 0. The zero-order chi connectivity index (χ0) is 19.3. The van der Waals surface area contributed by atoms with Crippen LogP contribution < -0.4 is 15.9 Å². The van der Waals surface area contributed by atoms with Gasteiger partial charge in [-0.15, -0.1) is 0 Å². The average Bonchev–Trinajstić information content (AvgIpc) is 3.25. The molecule has 142 valence electrons. The van der Waals surface area contributed by atoms with E-state index >= 15 is 0 Å². The van der Waals surface area contributed by atoms with Crippen molar-refractivity contribution >= 4 is 29.7 Å². The number of hydrogen-bond acceptors (Lipinski definition) is 2. The standard InChI is InChI=1S/C25H26NOP/c1-3-19(2)23-18-27-25(26-23)22-16-10-11-17-24(22)28(20-12-6-4-7-13-20)21-14-8-5-9-15-21/h4-17,19,23H,3,18H2,1-2H3/t19-,23-/m0/s1. The number of ether oxygens (including phenoxy) is 1. The first-order valence-electron chi connectivity index (χ1n) is 9.98. The Morgan fingerprint density at radius 1 is 0.893 bits per heavy atom. The maximum absolute atomic E-state index is 6.10. The van der Waals surface area contributed by atoms with Crippen LogP contribution in [0.25, 0.3) is 0 Å². The van der Waals surface area contributed by atoms with E-state index in [9.17, 15) is 0 Å². The maximum Gasteiger partial charge on any atom is 0.217 e. The van der Waals surface area contributed by atoms with E-state index in [1.807, 2.05) is 0 Å². The summed E-state index contributed by atoms with van der Waals surface area (Å²) in [5.41, 5.74) is 1.13. The smallest absolute Gasteiger partial charge is 0.217 e. The van der Waals surface area contributed by atoms with Gasteiger partial charge in [0.25, 0.3) is 0 Å². The van der Waals surface area contributed by atoms with Crippen LogP contribution in [0, 0.1) is 5.92 Å². The Hall–Kier alpha value is -2.44. The Morgan fingerprint density at radius 2 is 1.46 bits per heavy atom. The molecule has 0 amide bonds. The fourth-order valence-electron chi connectivity index (χ4n) is 3.53. The highest BCUT2D eigenvalue weighted by Crippen LogP contribution is 2.35. The number of nitrogens with zero attached hydrogens (tertiary/aromatic N) is 1. The van der Waals surface area contributed by atoms with Crippen molar-refractivity contribution in [3.8, 4) is 0 Å². The number of aliphatic imine (C=N–C) groups is 1. The van der Waals surface area contributed by atoms with Crippen LogP contribution in [0.5, 0.6) is 0 Å². The molecule has 0 unspecified atom stereocenters. The molecule has 2 nitrogen and oxygen atoms in total. The van der Waals surface area contributed by atoms with Gasteiger partial charge in [0, 0.05) is 5.56 Å². The van der Waals surface area contributed by atoms with Gasteiger partial charge >= 0.3 is 0 Å². The molecule has 0 aromatic heterocycles. The Balaban J connectivity index is 1.81. The van der Waals surface area contributed by atoms with E-state index in [1.165, 1.54) is 15.9 Å². The molecule has 0 aliphatic carbocycles. The summed E-state index contributed by atoms with van der Waals surface area (Å²) in [7, 11) is -0.677. The van der Waals surface area contributed by atoms with E-state index in [2.05, 4.69) is 98.8 Å². The topological polar surface area (TPSA) is 21.6 Å². The zero-order valence-electron chi connectivity index (χ0n) is 16.5. The summed E-state index contributed by atoms with van der Waals surface area (Å²) in [4.78, 5) is 4.96. The average molecular weight is 387 g/mol. The molecule has 1 aliphatic rings. The molecule has 1 heterocycles. The lowest BCUT2D eigenvalue weighted by atomic mass is 10.0.